The molecule has 1 fully saturated rings. The number of hydrogen-bond donors (Lipinski definition) is 1. The van der Waals surface area contributed by atoms with Crippen molar-refractivity contribution >= 4 is 5.82 Å². The Morgan fingerprint density at radius 1 is 1.19 bits per heavy atom. The van der Waals surface area contributed by atoms with Crippen LogP contribution in [0.1, 0.15) is 30.0 Å². The van der Waals surface area contributed by atoms with Gasteiger partial charge in [-0.15, -0.1) is 0 Å². The number of aromatic nitrogens is 2. The van der Waals surface area contributed by atoms with Gasteiger partial charge in [0, 0.05) is 30.6 Å². The molecule has 0 spiro atoms. The Labute approximate surface area is 126 Å². The Morgan fingerprint density at radius 3 is 2.81 bits per heavy atom. The minimum atomic E-state index is 0.598. The van der Waals surface area contributed by atoms with Crippen molar-refractivity contribution in [3.8, 4) is 0 Å². The summed E-state index contributed by atoms with van der Waals surface area (Å²) >= 11 is 0. The standard InChI is InChI=1S/C17H22N4/c1-21-10-7-15(8-11-21)16-5-2-6-17(20-16)19-13-14-4-3-9-18-12-14/h2-6,9,12,15H,7-8,10-11,13H2,1H3,(H,19,20). The van der Waals surface area contributed by atoms with Gasteiger partial charge in [-0.05, 0) is 56.7 Å². The SMILES string of the molecule is CN1CCC(c2cccc(NCc3cccnc3)n2)CC1. The summed E-state index contributed by atoms with van der Waals surface area (Å²) in [7, 11) is 2.19. The third kappa shape index (κ3) is 3.79. The molecule has 0 amide bonds. The number of anilines is 1. The first-order chi connectivity index (χ1) is 10.3. The van der Waals surface area contributed by atoms with Gasteiger partial charge in [-0.3, -0.25) is 4.98 Å². The van der Waals surface area contributed by atoms with Crippen LogP contribution in [0.4, 0.5) is 5.82 Å². The third-order valence-corrected chi connectivity index (χ3v) is 4.10. The Bertz CT molecular complexity index is 562. The van der Waals surface area contributed by atoms with Crippen molar-refractivity contribution < 1.29 is 0 Å². The molecule has 2 aromatic rings. The molecular formula is C17H22N4. The molecule has 3 heterocycles. The molecule has 0 atom stereocenters. The minimum absolute atomic E-state index is 0.598. The molecule has 0 bridgehead atoms. The lowest BCUT2D eigenvalue weighted by atomic mass is 9.93. The first kappa shape index (κ1) is 14.0. The number of likely N-dealkylation sites (tertiary alicyclic amines) is 1. The van der Waals surface area contributed by atoms with Crippen LogP contribution in [-0.2, 0) is 6.54 Å². The van der Waals surface area contributed by atoms with E-state index >= 15 is 0 Å². The van der Waals surface area contributed by atoms with Crippen molar-refractivity contribution in [2.75, 3.05) is 25.5 Å². The topological polar surface area (TPSA) is 41.0 Å². The molecule has 1 aliphatic rings. The van der Waals surface area contributed by atoms with Gasteiger partial charge in [0.25, 0.3) is 0 Å². The normalized spacial score (nSPS) is 16.8. The van der Waals surface area contributed by atoms with E-state index in [0.29, 0.717) is 5.92 Å². The molecule has 4 nitrogen and oxygen atoms in total. The second-order valence-corrected chi connectivity index (χ2v) is 5.74. The second kappa shape index (κ2) is 6.68. The summed E-state index contributed by atoms with van der Waals surface area (Å²) in [5, 5.41) is 3.39. The predicted molar refractivity (Wildman–Crippen MR) is 85.3 cm³/mol. The maximum Gasteiger partial charge on any atom is 0.126 e. The van der Waals surface area contributed by atoms with Gasteiger partial charge in [-0.25, -0.2) is 4.98 Å². The number of rotatable bonds is 4. The van der Waals surface area contributed by atoms with E-state index in [-0.39, 0.29) is 0 Å². The summed E-state index contributed by atoms with van der Waals surface area (Å²) < 4.78 is 0. The van der Waals surface area contributed by atoms with E-state index in [2.05, 4.69) is 40.4 Å². The fraction of sp³-hybridized carbons (Fsp3) is 0.412. The Hall–Kier alpha value is -1.94. The Kier molecular flexibility index (Phi) is 4.46. The van der Waals surface area contributed by atoms with E-state index in [1.165, 1.54) is 37.2 Å². The number of piperidine rings is 1. The zero-order chi connectivity index (χ0) is 14.5. The van der Waals surface area contributed by atoms with Crippen molar-refractivity contribution in [1.82, 2.24) is 14.9 Å². The lowest BCUT2D eigenvalue weighted by molar-refractivity contribution is 0.253. The average Bonchev–Trinajstić information content (AvgIpc) is 2.55. The van der Waals surface area contributed by atoms with Crippen LogP contribution in [0.5, 0.6) is 0 Å². The molecule has 0 radical (unpaired) electrons. The van der Waals surface area contributed by atoms with Gasteiger partial charge < -0.3 is 10.2 Å². The first-order valence-corrected chi connectivity index (χ1v) is 7.59. The summed E-state index contributed by atoms with van der Waals surface area (Å²) in [4.78, 5) is 11.3. The summed E-state index contributed by atoms with van der Waals surface area (Å²) in [5.74, 6) is 1.55. The van der Waals surface area contributed by atoms with Crippen LogP contribution in [0.2, 0.25) is 0 Å². The van der Waals surface area contributed by atoms with Crippen LogP contribution in [0.15, 0.2) is 42.7 Å². The van der Waals surface area contributed by atoms with Crippen molar-refractivity contribution in [2.45, 2.75) is 25.3 Å². The van der Waals surface area contributed by atoms with Gasteiger partial charge >= 0.3 is 0 Å². The van der Waals surface area contributed by atoms with Crippen LogP contribution in [0.25, 0.3) is 0 Å². The maximum atomic E-state index is 4.79. The van der Waals surface area contributed by atoms with Gasteiger partial charge in [-0.2, -0.15) is 0 Å². The highest BCUT2D eigenvalue weighted by Crippen LogP contribution is 2.26. The van der Waals surface area contributed by atoms with Crippen LogP contribution < -0.4 is 5.32 Å². The van der Waals surface area contributed by atoms with Crippen molar-refractivity contribution in [2.24, 2.45) is 0 Å². The smallest absolute Gasteiger partial charge is 0.126 e. The van der Waals surface area contributed by atoms with E-state index in [9.17, 15) is 0 Å². The molecule has 3 rings (SSSR count). The molecule has 0 aromatic carbocycles. The summed E-state index contributed by atoms with van der Waals surface area (Å²) in [5.41, 5.74) is 2.39. The van der Waals surface area contributed by atoms with E-state index < -0.39 is 0 Å². The quantitative estimate of drug-likeness (QED) is 0.936. The number of pyridine rings is 2. The Morgan fingerprint density at radius 2 is 2.05 bits per heavy atom. The maximum absolute atomic E-state index is 4.79. The largest absolute Gasteiger partial charge is 0.366 e. The number of hydrogen-bond acceptors (Lipinski definition) is 4. The summed E-state index contributed by atoms with van der Waals surface area (Å²) in [6.07, 6.45) is 6.08. The summed E-state index contributed by atoms with van der Waals surface area (Å²) in [6.45, 7) is 3.09. The van der Waals surface area contributed by atoms with Crippen molar-refractivity contribution in [1.29, 1.82) is 0 Å². The van der Waals surface area contributed by atoms with E-state index in [4.69, 9.17) is 4.98 Å². The molecule has 1 saturated heterocycles. The lowest BCUT2D eigenvalue weighted by Crippen LogP contribution is -2.29. The molecule has 0 aliphatic carbocycles. The molecule has 0 unspecified atom stereocenters. The van der Waals surface area contributed by atoms with Gasteiger partial charge in [0.1, 0.15) is 5.82 Å². The molecule has 1 N–H and O–H groups in total. The highest BCUT2D eigenvalue weighted by atomic mass is 15.1. The monoisotopic (exact) mass is 282 g/mol. The van der Waals surface area contributed by atoms with E-state index in [0.717, 1.165) is 12.4 Å². The Balaban J connectivity index is 1.63. The molecule has 0 saturated carbocycles. The molecule has 2 aromatic heterocycles. The fourth-order valence-corrected chi connectivity index (χ4v) is 2.78. The molecule has 110 valence electrons. The molecular weight excluding hydrogens is 260 g/mol. The average molecular weight is 282 g/mol. The van der Waals surface area contributed by atoms with Crippen LogP contribution in [0.3, 0.4) is 0 Å². The highest BCUT2D eigenvalue weighted by Gasteiger charge is 2.19. The number of nitrogens with zero attached hydrogens (tertiary/aromatic N) is 3. The van der Waals surface area contributed by atoms with E-state index in [1.54, 1.807) is 6.20 Å². The van der Waals surface area contributed by atoms with Crippen LogP contribution in [-0.4, -0.2) is 35.0 Å². The highest BCUT2D eigenvalue weighted by molar-refractivity contribution is 5.37. The first-order valence-electron chi connectivity index (χ1n) is 7.59. The zero-order valence-corrected chi connectivity index (χ0v) is 12.5. The summed E-state index contributed by atoms with van der Waals surface area (Å²) in [6, 6.07) is 10.3. The van der Waals surface area contributed by atoms with Crippen molar-refractivity contribution in [3.05, 3.63) is 54.0 Å². The van der Waals surface area contributed by atoms with E-state index in [1.807, 2.05) is 18.3 Å². The predicted octanol–water partition coefficient (Wildman–Crippen LogP) is 2.90. The zero-order valence-electron chi connectivity index (χ0n) is 12.5. The van der Waals surface area contributed by atoms with Gasteiger partial charge in [0.2, 0.25) is 0 Å². The lowest BCUT2D eigenvalue weighted by Gasteiger charge is -2.28. The van der Waals surface area contributed by atoms with Crippen LogP contribution in [0, 0.1) is 0 Å². The molecule has 4 heteroatoms. The minimum Gasteiger partial charge on any atom is -0.366 e. The van der Waals surface area contributed by atoms with Gasteiger partial charge in [0.05, 0.1) is 0 Å². The third-order valence-electron chi connectivity index (χ3n) is 4.10. The number of nitrogens with one attached hydrogen (secondary N) is 1. The second-order valence-electron chi connectivity index (χ2n) is 5.74. The molecule has 1 aliphatic heterocycles. The fourth-order valence-electron chi connectivity index (χ4n) is 2.78. The van der Waals surface area contributed by atoms with Crippen molar-refractivity contribution in [3.63, 3.8) is 0 Å². The van der Waals surface area contributed by atoms with Gasteiger partial charge in [0.15, 0.2) is 0 Å². The molecule has 21 heavy (non-hydrogen) atoms. The van der Waals surface area contributed by atoms with Gasteiger partial charge in [-0.1, -0.05) is 12.1 Å². The van der Waals surface area contributed by atoms with Crippen LogP contribution >= 0.6 is 0 Å².